The highest BCUT2D eigenvalue weighted by atomic mass is 16.5. The van der Waals surface area contributed by atoms with E-state index in [4.69, 9.17) is 9.47 Å². The molecule has 1 aliphatic heterocycles. The van der Waals surface area contributed by atoms with Gasteiger partial charge in [-0.2, -0.15) is 0 Å². The van der Waals surface area contributed by atoms with Crippen LogP contribution in [0.4, 0.5) is 0 Å². The van der Waals surface area contributed by atoms with E-state index in [9.17, 15) is 0 Å². The van der Waals surface area contributed by atoms with Crippen molar-refractivity contribution in [2.75, 3.05) is 27.3 Å². The first-order valence-corrected chi connectivity index (χ1v) is 9.98. The van der Waals surface area contributed by atoms with E-state index in [2.05, 4.69) is 44.7 Å². The van der Waals surface area contributed by atoms with Crippen LogP contribution in [0, 0.1) is 11.8 Å². The van der Waals surface area contributed by atoms with Crippen LogP contribution in [0.2, 0.25) is 0 Å². The zero-order valence-corrected chi connectivity index (χ0v) is 17.7. The summed E-state index contributed by atoms with van der Waals surface area (Å²) in [6, 6.07) is 4.86. The number of ether oxygens (including phenoxy) is 2. The molecule has 3 nitrogen and oxygen atoms in total. The van der Waals surface area contributed by atoms with Gasteiger partial charge in [0.2, 0.25) is 0 Å². The molecule has 25 heavy (non-hydrogen) atoms. The number of hydrogen-bond acceptors (Lipinski definition) is 3. The number of methoxy groups -OCH3 is 2. The summed E-state index contributed by atoms with van der Waals surface area (Å²) in [6.45, 7) is 15.6. The summed E-state index contributed by atoms with van der Waals surface area (Å²) in [4.78, 5) is 2.67. The van der Waals surface area contributed by atoms with Gasteiger partial charge in [-0.3, -0.25) is 4.90 Å². The fraction of sp³-hybridized carbons (Fsp3) is 0.727. The minimum Gasteiger partial charge on any atom is -0.493 e. The van der Waals surface area contributed by atoms with Crippen molar-refractivity contribution >= 4 is 0 Å². The number of hydrogen-bond donors (Lipinski definition) is 0. The monoisotopic (exact) mass is 349 g/mol. The number of benzene rings is 1. The standard InChI is InChI=1S/C20H33NO2.C2H6/c1-7-18-17-12-20(23-6)19(22-5)11-16(17)8-9-21(18)13-15(4)10-14(2)3;1-2/h11-12,14-15,18H,7-10,13H2,1-6H3;1-2H3/t15-,18+;/m0./s1. The Labute approximate surface area is 155 Å². The fourth-order valence-corrected chi connectivity index (χ4v) is 4.06. The maximum atomic E-state index is 5.52. The topological polar surface area (TPSA) is 21.7 Å². The number of fused-ring (bicyclic) bond motifs is 1. The molecule has 0 aromatic heterocycles. The summed E-state index contributed by atoms with van der Waals surface area (Å²) < 4.78 is 11.0. The van der Waals surface area contributed by atoms with Crippen molar-refractivity contribution in [2.45, 2.75) is 66.8 Å². The summed E-state index contributed by atoms with van der Waals surface area (Å²) in [5.41, 5.74) is 2.84. The Bertz CT molecular complexity index is 513. The summed E-state index contributed by atoms with van der Waals surface area (Å²) in [5, 5.41) is 0. The van der Waals surface area contributed by atoms with Crippen molar-refractivity contribution in [1.29, 1.82) is 0 Å². The lowest BCUT2D eigenvalue weighted by Crippen LogP contribution is -2.38. The first-order chi connectivity index (χ1) is 12.0. The molecule has 0 unspecified atom stereocenters. The van der Waals surface area contributed by atoms with E-state index in [0.29, 0.717) is 6.04 Å². The van der Waals surface area contributed by atoms with Crippen molar-refractivity contribution in [2.24, 2.45) is 11.8 Å². The molecule has 0 aliphatic carbocycles. The highest BCUT2D eigenvalue weighted by Gasteiger charge is 2.28. The van der Waals surface area contributed by atoms with Gasteiger partial charge < -0.3 is 9.47 Å². The average Bonchev–Trinajstić information content (AvgIpc) is 2.61. The van der Waals surface area contributed by atoms with E-state index in [1.807, 2.05) is 13.8 Å². The average molecular weight is 350 g/mol. The Morgan fingerprint density at radius 3 is 2.20 bits per heavy atom. The Kier molecular flexibility index (Phi) is 9.34. The van der Waals surface area contributed by atoms with Crippen LogP contribution >= 0.6 is 0 Å². The molecule has 2 atom stereocenters. The van der Waals surface area contributed by atoms with E-state index in [1.165, 1.54) is 24.1 Å². The van der Waals surface area contributed by atoms with Crippen LogP contribution in [-0.4, -0.2) is 32.2 Å². The second-order valence-corrected chi connectivity index (χ2v) is 7.31. The van der Waals surface area contributed by atoms with Crippen LogP contribution < -0.4 is 9.47 Å². The van der Waals surface area contributed by atoms with Crippen LogP contribution in [0.3, 0.4) is 0 Å². The van der Waals surface area contributed by atoms with Crippen molar-refractivity contribution in [3.05, 3.63) is 23.3 Å². The molecule has 0 saturated carbocycles. The zero-order valence-electron chi connectivity index (χ0n) is 17.7. The van der Waals surface area contributed by atoms with E-state index in [-0.39, 0.29) is 0 Å². The lowest BCUT2D eigenvalue weighted by molar-refractivity contribution is 0.148. The zero-order chi connectivity index (χ0) is 19.0. The Hall–Kier alpha value is -1.22. The smallest absolute Gasteiger partial charge is 0.161 e. The Morgan fingerprint density at radius 1 is 1.08 bits per heavy atom. The summed E-state index contributed by atoms with van der Waals surface area (Å²) >= 11 is 0. The molecule has 0 bridgehead atoms. The highest BCUT2D eigenvalue weighted by Crippen LogP contribution is 2.39. The van der Waals surface area contributed by atoms with Gasteiger partial charge in [-0.25, -0.2) is 0 Å². The maximum absolute atomic E-state index is 5.52. The maximum Gasteiger partial charge on any atom is 0.161 e. The minimum absolute atomic E-state index is 0.494. The Morgan fingerprint density at radius 2 is 1.68 bits per heavy atom. The molecule has 1 heterocycles. The predicted molar refractivity (Wildman–Crippen MR) is 108 cm³/mol. The van der Waals surface area contributed by atoms with Crippen molar-refractivity contribution in [3.63, 3.8) is 0 Å². The first-order valence-electron chi connectivity index (χ1n) is 9.98. The van der Waals surface area contributed by atoms with Gasteiger partial charge >= 0.3 is 0 Å². The fourth-order valence-electron chi connectivity index (χ4n) is 4.06. The van der Waals surface area contributed by atoms with Gasteiger partial charge in [0.15, 0.2) is 11.5 Å². The summed E-state index contributed by atoms with van der Waals surface area (Å²) in [5.74, 6) is 3.21. The van der Waals surface area contributed by atoms with Crippen LogP contribution in [-0.2, 0) is 6.42 Å². The third kappa shape index (κ3) is 5.64. The second kappa shape index (κ2) is 10.7. The lowest BCUT2D eigenvalue weighted by Gasteiger charge is -2.39. The predicted octanol–water partition coefficient (Wildman–Crippen LogP) is 5.72. The molecule has 1 aromatic rings. The molecule has 0 amide bonds. The molecular formula is C22H39NO2. The van der Waals surface area contributed by atoms with E-state index < -0.39 is 0 Å². The molecule has 144 valence electrons. The Balaban J connectivity index is 0.00000151. The molecule has 0 spiro atoms. The number of rotatable bonds is 7. The van der Waals surface area contributed by atoms with E-state index in [1.54, 1.807) is 14.2 Å². The van der Waals surface area contributed by atoms with Crippen molar-refractivity contribution in [3.8, 4) is 11.5 Å². The van der Waals surface area contributed by atoms with Gasteiger partial charge in [-0.05, 0) is 54.4 Å². The SMILES string of the molecule is CC.CC[C@@H]1c2cc(OC)c(OC)cc2CCN1C[C@@H](C)CC(C)C. The molecule has 1 aromatic carbocycles. The van der Waals surface area contributed by atoms with Crippen molar-refractivity contribution < 1.29 is 9.47 Å². The van der Waals surface area contributed by atoms with E-state index in [0.717, 1.165) is 42.7 Å². The largest absolute Gasteiger partial charge is 0.493 e. The lowest BCUT2D eigenvalue weighted by atomic mass is 9.89. The minimum atomic E-state index is 0.494. The molecular weight excluding hydrogens is 310 g/mol. The third-order valence-electron chi connectivity index (χ3n) is 4.92. The van der Waals surface area contributed by atoms with Gasteiger partial charge in [0, 0.05) is 19.1 Å². The van der Waals surface area contributed by atoms with Crippen LogP contribution in [0.15, 0.2) is 12.1 Å². The van der Waals surface area contributed by atoms with Gasteiger partial charge in [0.25, 0.3) is 0 Å². The van der Waals surface area contributed by atoms with Crippen LogP contribution in [0.5, 0.6) is 11.5 Å². The molecule has 0 fully saturated rings. The van der Waals surface area contributed by atoms with Gasteiger partial charge in [0.1, 0.15) is 0 Å². The molecule has 2 rings (SSSR count). The summed E-state index contributed by atoms with van der Waals surface area (Å²) in [6.07, 6.45) is 3.53. The van der Waals surface area contributed by atoms with Gasteiger partial charge in [-0.1, -0.05) is 41.5 Å². The van der Waals surface area contributed by atoms with Crippen LogP contribution in [0.25, 0.3) is 0 Å². The number of nitrogens with zero attached hydrogens (tertiary/aromatic N) is 1. The highest BCUT2D eigenvalue weighted by molar-refractivity contribution is 5.49. The second-order valence-electron chi connectivity index (χ2n) is 7.31. The van der Waals surface area contributed by atoms with Gasteiger partial charge in [0.05, 0.1) is 14.2 Å². The van der Waals surface area contributed by atoms with Crippen molar-refractivity contribution in [1.82, 2.24) is 4.90 Å². The first kappa shape index (κ1) is 21.8. The summed E-state index contributed by atoms with van der Waals surface area (Å²) in [7, 11) is 3.43. The van der Waals surface area contributed by atoms with Crippen LogP contribution in [0.1, 0.15) is 71.6 Å². The molecule has 0 saturated heterocycles. The third-order valence-corrected chi connectivity index (χ3v) is 4.92. The quantitative estimate of drug-likeness (QED) is 0.628. The molecule has 0 radical (unpaired) electrons. The van der Waals surface area contributed by atoms with Gasteiger partial charge in [-0.15, -0.1) is 0 Å². The molecule has 0 N–H and O–H groups in total. The van der Waals surface area contributed by atoms with E-state index >= 15 is 0 Å². The molecule has 3 heteroatoms. The normalized spacial score (nSPS) is 18.2. The molecule has 1 aliphatic rings.